The molecule has 1 aliphatic rings. The van der Waals surface area contributed by atoms with E-state index in [-0.39, 0.29) is 30.6 Å². The minimum Gasteiger partial charge on any atom is -0.481 e. The van der Waals surface area contributed by atoms with Crippen molar-refractivity contribution in [1.82, 2.24) is 10.2 Å². The van der Waals surface area contributed by atoms with Gasteiger partial charge in [0, 0.05) is 51.1 Å². The van der Waals surface area contributed by atoms with Crippen molar-refractivity contribution in [1.29, 1.82) is 0 Å². The van der Waals surface area contributed by atoms with Crippen LogP contribution in [0.5, 0.6) is 0 Å². The zero-order chi connectivity index (χ0) is 23.9. The molecule has 1 heterocycles. The number of piperazine rings is 1. The van der Waals surface area contributed by atoms with Crippen molar-refractivity contribution in [3.05, 3.63) is 29.8 Å². The summed E-state index contributed by atoms with van der Waals surface area (Å²) in [5.41, 5.74) is 2.40. The molecule has 176 valence electrons. The van der Waals surface area contributed by atoms with Gasteiger partial charge in [-0.25, -0.2) is 0 Å². The fourth-order valence-electron chi connectivity index (χ4n) is 3.93. The Morgan fingerprint density at radius 3 is 2.12 bits per heavy atom. The number of anilines is 1. The monoisotopic (exact) mass is 447 g/mol. The molecule has 1 aliphatic heterocycles. The Bertz CT molecular complexity index is 840. The van der Waals surface area contributed by atoms with Gasteiger partial charge in [-0.3, -0.25) is 19.2 Å². The van der Waals surface area contributed by atoms with E-state index in [2.05, 4.69) is 43.1 Å². The standard InChI is InChI=1S/C23H33N3O6/c1-23(2,3)17-6-4-5-7-18(17)25-8-10-26(11-9-25)20(28)13-16(14-21(29)30)12-19(27)24-15-22(31)32/h4-7,16H,8-15H2,1-3H3,(H,24,27)(H,29,30)(H,31,32). The average molecular weight is 448 g/mol. The third kappa shape index (κ3) is 7.55. The van der Waals surface area contributed by atoms with E-state index in [9.17, 15) is 19.2 Å². The van der Waals surface area contributed by atoms with Crippen LogP contribution in [0.1, 0.15) is 45.6 Å². The maximum absolute atomic E-state index is 12.8. The van der Waals surface area contributed by atoms with Gasteiger partial charge in [0.05, 0.1) is 0 Å². The molecule has 1 atom stereocenters. The van der Waals surface area contributed by atoms with Crippen LogP contribution < -0.4 is 10.2 Å². The van der Waals surface area contributed by atoms with Crippen molar-refractivity contribution in [2.45, 2.75) is 45.4 Å². The number of carboxylic acids is 2. The summed E-state index contributed by atoms with van der Waals surface area (Å²) in [5.74, 6) is -3.73. The number of aliphatic carboxylic acids is 2. The topological polar surface area (TPSA) is 127 Å². The summed E-state index contributed by atoms with van der Waals surface area (Å²) < 4.78 is 0. The SMILES string of the molecule is CC(C)(C)c1ccccc1N1CCN(C(=O)CC(CC(=O)O)CC(=O)NCC(=O)O)CC1. The summed E-state index contributed by atoms with van der Waals surface area (Å²) in [7, 11) is 0. The fraction of sp³-hybridized carbons (Fsp3) is 0.565. The van der Waals surface area contributed by atoms with E-state index in [1.54, 1.807) is 4.90 Å². The Morgan fingerprint density at radius 1 is 0.938 bits per heavy atom. The van der Waals surface area contributed by atoms with Crippen LogP contribution in [0.25, 0.3) is 0 Å². The minimum atomic E-state index is -1.19. The second kappa shape index (κ2) is 11.0. The molecule has 0 radical (unpaired) electrons. The predicted molar refractivity (Wildman–Crippen MR) is 120 cm³/mol. The number of carboxylic acid groups (broad SMARTS) is 2. The lowest BCUT2D eigenvalue weighted by molar-refractivity contribution is -0.141. The van der Waals surface area contributed by atoms with Gasteiger partial charge in [-0.05, 0) is 23.0 Å². The van der Waals surface area contributed by atoms with Crippen molar-refractivity contribution in [3.8, 4) is 0 Å². The number of hydrogen-bond acceptors (Lipinski definition) is 5. The molecule has 0 aliphatic carbocycles. The number of carbonyl (C=O) groups excluding carboxylic acids is 2. The maximum Gasteiger partial charge on any atom is 0.322 e. The third-order valence-electron chi connectivity index (χ3n) is 5.52. The van der Waals surface area contributed by atoms with E-state index in [1.807, 2.05) is 12.1 Å². The number of nitrogens with one attached hydrogen (secondary N) is 1. The molecule has 9 nitrogen and oxygen atoms in total. The van der Waals surface area contributed by atoms with Gasteiger partial charge in [-0.15, -0.1) is 0 Å². The number of nitrogens with zero attached hydrogens (tertiary/aromatic N) is 2. The van der Waals surface area contributed by atoms with Crippen LogP contribution in [0.3, 0.4) is 0 Å². The quantitative estimate of drug-likeness (QED) is 0.526. The number of benzene rings is 1. The lowest BCUT2D eigenvalue weighted by Crippen LogP contribution is -2.49. The molecule has 1 aromatic rings. The first-order valence-corrected chi connectivity index (χ1v) is 10.8. The number of amides is 2. The highest BCUT2D eigenvalue weighted by molar-refractivity contribution is 5.83. The summed E-state index contributed by atoms with van der Waals surface area (Å²) >= 11 is 0. The van der Waals surface area contributed by atoms with Crippen LogP contribution in [0.2, 0.25) is 0 Å². The highest BCUT2D eigenvalue weighted by atomic mass is 16.4. The number of rotatable bonds is 9. The molecule has 0 saturated carbocycles. The van der Waals surface area contributed by atoms with Crippen LogP contribution in [0.4, 0.5) is 5.69 Å². The molecule has 2 rings (SSSR count). The van der Waals surface area contributed by atoms with Gasteiger partial charge in [-0.2, -0.15) is 0 Å². The summed E-state index contributed by atoms with van der Waals surface area (Å²) in [6.07, 6.45) is -0.596. The Labute approximate surface area is 188 Å². The zero-order valence-corrected chi connectivity index (χ0v) is 19.0. The van der Waals surface area contributed by atoms with Crippen molar-refractivity contribution < 1.29 is 29.4 Å². The second-order valence-electron chi connectivity index (χ2n) is 9.18. The smallest absolute Gasteiger partial charge is 0.322 e. The number of carbonyl (C=O) groups is 4. The molecule has 0 bridgehead atoms. The molecule has 9 heteroatoms. The highest BCUT2D eigenvalue weighted by Gasteiger charge is 2.28. The van der Waals surface area contributed by atoms with E-state index in [0.717, 1.165) is 5.69 Å². The lowest BCUT2D eigenvalue weighted by atomic mass is 9.85. The Kier molecular flexibility index (Phi) is 8.63. The summed E-state index contributed by atoms with van der Waals surface area (Å²) in [6.45, 7) is 8.33. The van der Waals surface area contributed by atoms with Crippen molar-refractivity contribution in [2.24, 2.45) is 5.92 Å². The van der Waals surface area contributed by atoms with Gasteiger partial charge in [0.25, 0.3) is 0 Å². The van der Waals surface area contributed by atoms with E-state index < -0.39 is 30.3 Å². The van der Waals surface area contributed by atoms with Gasteiger partial charge < -0.3 is 25.3 Å². The molecular weight excluding hydrogens is 414 g/mol. The Balaban J connectivity index is 1.96. The molecule has 1 saturated heterocycles. The van der Waals surface area contributed by atoms with Gasteiger partial charge in [0.15, 0.2) is 0 Å². The minimum absolute atomic E-state index is 0.00515. The van der Waals surface area contributed by atoms with Gasteiger partial charge in [0.1, 0.15) is 6.54 Å². The average Bonchev–Trinajstić information content (AvgIpc) is 2.71. The van der Waals surface area contributed by atoms with Gasteiger partial charge in [-0.1, -0.05) is 39.0 Å². The first-order valence-electron chi connectivity index (χ1n) is 10.8. The summed E-state index contributed by atoms with van der Waals surface area (Å²) in [4.78, 5) is 50.4. The zero-order valence-electron chi connectivity index (χ0n) is 19.0. The maximum atomic E-state index is 12.8. The Morgan fingerprint density at radius 2 is 1.56 bits per heavy atom. The van der Waals surface area contributed by atoms with Crippen LogP contribution in [-0.2, 0) is 24.6 Å². The normalized spacial score (nSPS) is 15.2. The lowest BCUT2D eigenvalue weighted by Gasteiger charge is -2.39. The summed E-state index contributed by atoms with van der Waals surface area (Å²) in [6, 6.07) is 8.25. The van der Waals surface area contributed by atoms with E-state index in [0.29, 0.717) is 26.2 Å². The highest BCUT2D eigenvalue weighted by Crippen LogP contribution is 2.32. The van der Waals surface area contributed by atoms with Crippen molar-refractivity contribution in [3.63, 3.8) is 0 Å². The van der Waals surface area contributed by atoms with Crippen LogP contribution in [0.15, 0.2) is 24.3 Å². The molecule has 2 amide bonds. The van der Waals surface area contributed by atoms with Gasteiger partial charge in [0.2, 0.25) is 11.8 Å². The van der Waals surface area contributed by atoms with E-state index in [1.165, 1.54) is 5.56 Å². The molecule has 3 N–H and O–H groups in total. The largest absolute Gasteiger partial charge is 0.481 e. The number of hydrogen-bond donors (Lipinski definition) is 3. The molecule has 32 heavy (non-hydrogen) atoms. The van der Waals surface area contributed by atoms with Crippen molar-refractivity contribution in [2.75, 3.05) is 37.6 Å². The predicted octanol–water partition coefficient (Wildman–Crippen LogP) is 1.70. The fourth-order valence-corrected chi connectivity index (χ4v) is 3.93. The Hall–Kier alpha value is -3.10. The molecule has 1 aromatic carbocycles. The second-order valence-corrected chi connectivity index (χ2v) is 9.18. The third-order valence-corrected chi connectivity index (χ3v) is 5.52. The molecule has 1 unspecified atom stereocenters. The number of para-hydroxylation sites is 1. The molecule has 0 spiro atoms. The van der Waals surface area contributed by atoms with Crippen LogP contribution in [0, 0.1) is 5.92 Å². The first-order chi connectivity index (χ1) is 15.0. The molecule has 1 fully saturated rings. The molecular formula is C23H33N3O6. The van der Waals surface area contributed by atoms with E-state index >= 15 is 0 Å². The van der Waals surface area contributed by atoms with Gasteiger partial charge >= 0.3 is 11.9 Å². The first kappa shape index (κ1) is 25.2. The van der Waals surface area contributed by atoms with Crippen LogP contribution >= 0.6 is 0 Å². The van der Waals surface area contributed by atoms with Crippen LogP contribution in [-0.4, -0.2) is 71.6 Å². The van der Waals surface area contributed by atoms with E-state index in [4.69, 9.17) is 10.2 Å². The van der Waals surface area contributed by atoms with Crippen molar-refractivity contribution >= 4 is 29.4 Å². The molecule has 0 aromatic heterocycles. The summed E-state index contributed by atoms with van der Waals surface area (Å²) in [5, 5.41) is 20.0.